The summed E-state index contributed by atoms with van der Waals surface area (Å²) in [5.74, 6) is 0. The second-order valence-electron chi connectivity index (χ2n) is 14.5. The fourth-order valence-electron chi connectivity index (χ4n) is 6.77. The van der Waals surface area contributed by atoms with E-state index in [1.54, 1.807) is 0 Å². The van der Waals surface area contributed by atoms with Gasteiger partial charge in [0.05, 0.1) is 22.8 Å². The number of hydrogen-bond acceptors (Lipinski definition) is 2. The fourth-order valence-corrected chi connectivity index (χ4v) is 6.77. The smallest absolute Gasteiger partial charge is 0.0636 e. The normalized spacial score (nSPS) is 12.0. The van der Waals surface area contributed by atoms with Gasteiger partial charge in [0, 0.05) is 16.5 Å². The Morgan fingerprint density at radius 3 is 1.02 bits per heavy atom. The van der Waals surface area contributed by atoms with Crippen LogP contribution in [0.1, 0.15) is 205 Å². The largest absolute Gasteiger partial charge is 0.252 e. The molecule has 2 aromatic rings. The first-order valence-corrected chi connectivity index (χ1v) is 21.0. The summed E-state index contributed by atoms with van der Waals surface area (Å²) in [5.41, 5.74) is 10.9. The van der Waals surface area contributed by atoms with Gasteiger partial charge in [0.25, 0.3) is 0 Å². The van der Waals surface area contributed by atoms with Crippen molar-refractivity contribution in [2.24, 2.45) is 9.98 Å². The molecule has 0 fully saturated rings. The van der Waals surface area contributed by atoms with Crippen molar-refractivity contribution in [1.29, 1.82) is 0 Å². The van der Waals surface area contributed by atoms with Gasteiger partial charge in [0.2, 0.25) is 0 Å². The van der Waals surface area contributed by atoms with Crippen LogP contribution >= 0.6 is 0 Å². The molecule has 0 aromatic heterocycles. The molecule has 0 bridgehead atoms. The third-order valence-corrected chi connectivity index (χ3v) is 9.97. The summed E-state index contributed by atoms with van der Waals surface area (Å²) in [5, 5.41) is 0. The zero-order valence-electron chi connectivity index (χ0n) is 33.1. The molecule has 0 radical (unpaired) electrons. The van der Waals surface area contributed by atoms with Crippen LogP contribution in [0.15, 0.2) is 46.4 Å². The third kappa shape index (κ3) is 19.5. The van der Waals surface area contributed by atoms with Crippen LogP contribution < -0.4 is 0 Å². The molecule has 2 rings (SSSR count). The third-order valence-electron chi connectivity index (χ3n) is 9.97. The molecule has 280 valence electrons. The molecule has 49 heavy (non-hydrogen) atoms. The number of rotatable bonds is 29. The zero-order chi connectivity index (χ0) is 34.7. The molecule has 0 aliphatic carbocycles. The Bertz CT molecular complexity index is 1070. The summed E-state index contributed by atoms with van der Waals surface area (Å²) < 4.78 is 0. The van der Waals surface area contributed by atoms with Crippen molar-refractivity contribution < 1.29 is 16.5 Å². The number of hydrogen-bond donors (Lipinski definition) is 0. The van der Waals surface area contributed by atoms with E-state index in [4.69, 9.17) is 9.98 Å². The molecule has 0 atom stereocenters. The Morgan fingerprint density at radius 1 is 0.367 bits per heavy atom. The molecule has 3 heteroatoms. The summed E-state index contributed by atoms with van der Waals surface area (Å²) in [6, 6.07) is 14.2. The van der Waals surface area contributed by atoms with Crippen LogP contribution in [0.5, 0.6) is 0 Å². The molecule has 0 aliphatic heterocycles. The maximum absolute atomic E-state index is 5.52. The van der Waals surface area contributed by atoms with Crippen LogP contribution in [0.3, 0.4) is 0 Å². The first-order chi connectivity index (χ1) is 23.6. The first kappa shape index (κ1) is 45.3. The van der Waals surface area contributed by atoms with Gasteiger partial charge >= 0.3 is 0 Å². The van der Waals surface area contributed by atoms with E-state index in [9.17, 15) is 0 Å². The van der Waals surface area contributed by atoms with E-state index in [0.29, 0.717) is 0 Å². The van der Waals surface area contributed by atoms with Gasteiger partial charge in [-0.1, -0.05) is 144 Å². The van der Waals surface area contributed by atoms with Crippen LogP contribution in [-0.4, -0.2) is 11.4 Å². The Morgan fingerprint density at radius 2 is 0.673 bits per heavy atom. The van der Waals surface area contributed by atoms with Crippen molar-refractivity contribution in [3.05, 3.63) is 58.7 Å². The first-order valence-electron chi connectivity index (χ1n) is 21.0. The zero-order valence-corrected chi connectivity index (χ0v) is 34.0. The molecular weight excluding hydrogens is 639 g/mol. The monoisotopic (exact) mass is 715 g/mol. The Kier molecular flexibility index (Phi) is 27.7. The van der Waals surface area contributed by atoms with Crippen molar-refractivity contribution >= 4 is 22.8 Å². The summed E-state index contributed by atoms with van der Waals surface area (Å²) in [6.45, 7) is 13.8. The van der Waals surface area contributed by atoms with Gasteiger partial charge in [-0.2, -0.15) is 0 Å². The molecule has 0 spiro atoms. The topological polar surface area (TPSA) is 24.7 Å². The van der Waals surface area contributed by atoms with Gasteiger partial charge in [0.15, 0.2) is 0 Å². The van der Waals surface area contributed by atoms with Gasteiger partial charge in [-0.25, -0.2) is 0 Å². The average molecular weight is 716 g/mol. The summed E-state index contributed by atoms with van der Waals surface area (Å²) in [4.78, 5) is 11.0. The van der Waals surface area contributed by atoms with E-state index in [1.165, 1.54) is 175 Å². The number of aryl methyl sites for hydroxylation is 4. The fraction of sp³-hybridized carbons (Fsp3) is 0.696. The second kappa shape index (κ2) is 30.0. The molecular formula is C46H76N2Ni. The van der Waals surface area contributed by atoms with E-state index < -0.39 is 0 Å². The van der Waals surface area contributed by atoms with Gasteiger partial charge in [-0.15, -0.1) is 0 Å². The minimum Gasteiger partial charge on any atom is -0.252 e. The predicted octanol–water partition coefficient (Wildman–Crippen LogP) is 15.4. The predicted molar refractivity (Wildman–Crippen MR) is 218 cm³/mol. The van der Waals surface area contributed by atoms with Crippen LogP contribution in [0.25, 0.3) is 0 Å². The molecule has 0 heterocycles. The van der Waals surface area contributed by atoms with Crippen molar-refractivity contribution in [3.8, 4) is 0 Å². The van der Waals surface area contributed by atoms with Gasteiger partial charge in [0.1, 0.15) is 0 Å². The van der Waals surface area contributed by atoms with Gasteiger partial charge in [-0.3, -0.25) is 9.98 Å². The van der Waals surface area contributed by atoms with Gasteiger partial charge < -0.3 is 0 Å². The summed E-state index contributed by atoms with van der Waals surface area (Å²) >= 11 is 0. The number of benzene rings is 2. The molecule has 0 amide bonds. The van der Waals surface area contributed by atoms with Crippen molar-refractivity contribution in [1.82, 2.24) is 0 Å². The van der Waals surface area contributed by atoms with E-state index in [1.807, 2.05) is 0 Å². The quantitative estimate of drug-likeness (QED) is 0.0455. The molecule has 0 N–H and O–H groups in total. The molecule has 0 saturated heterocycles. The standard InChI is InChI=1S/C46H76N2.Ni/c1-7-13-19-21-23-25-31-45(47-43-35-33-39(27-15-9-3)41(37-43)29-17-11-5)46(32-26-24-22-20-14-8-2)48-44-36-34-40(28-16-10-4)42(38-44)30-18-12-6;/h33-38H,7-32H2,1-6H3;. The maximum atomic E-state index is 5.52. The Labute approximate surface area is 315 Å². The van der Waals surface area contributed by atoms with Crippen molar-refractivity contribution in [2.75, 3.05) is 0 Å². The van der Waals surface area contributed by atoms with Crippen LogP contribution in [0.2, 0.25) is 0 Å². The maximum Gasteiger partial charge on any atom is 0.0636 e. The average Bonchev–Trinajstić information content (AvgIpc) is 3.10. The van der Waals surface area contributed by atoms with Crippen LogP contribution in [-0.2, 0) is 42.2 Å². The minimum absolute atomic E-state index is 0. The molecule has 2 nitrogen and oxygen atoms in total. The van der Waals surface area contributed by atoms with E-state index in [0.717, 1.165) is 37.1 Å². The summed E-state index contributed by atoms with van der Waals surface area (Å²) in [6.07, 6.45) is 32.4. The van der Waals surface area contributed by atoms with Crippen molar-refractivity contribution in [3.63, 3.8) is 0 Å². The molecule has 0 aliphatic rings. The van der Waals surface area contributed by atoms with Crippen molar-refractivity contribution in [2.45, 2.75) is 208 Å². The molecule has 0 saturated carbocycles. The molecule has 2 aromatic carbocycles. The van der Waals surface area contributed by atoms with E-state index >= 15 is 0 Å². The van der Waals surface area contributed by atoms with Gasteiger partial charge in [-0.05, 0) is 124 Å². The SMILES string of the molecule is CCCCCCCCC(=Nc1ccc(CCCC)c(CCCC)c1)C(CCCCCCCC)=Nc1ccc(CCCC)c(CCCC)c1.[Ni]. The minimum atomic E-state index is 0. The second-order valence-corrected chi connectivity index (χ2v) is 14.5. The number of aliphatic imine (C=N–C) groups is 2. The summed E-state index contributed by atoms with van der Waals surface area (Å²) in [7, 11) is 0. The van der Waals surface area contributed by atoms with Crippen LogP contribution in [0.4, 0.5) is 11.4 Å². The van der Waals surface area contributed by atoms with E-state index in [2.05, 4.69) is 77.9 Å². The Balaban J connectivity index is 0.0000120. The number of unbranched alkanes of at least 4 members (excludes halogenated alkanes) is 14. The Hall–Kier alpha value is -1.73. The van der Waals surface area contributed by atoms with E-state index in [-0.39, 0.29) is 16.5 Å². The molecule has 0 unspecified atom stereocenters. The van der Waals surface area contributed by atoms with Crippen LogP contribution in [0, 0.1) is 0 Å². The number of nitrogens with zero attached hydrogens (tertiary/aromatic N) is 2.